The molecule has 1 aliphatic heterocycles. The van der Waals surface area contributed by atoms with Crippen LogP contribution in [0.3, 0.4) is 0 Å². The molecule has 0 saturated carbocycles. The average Bonchev–Trinajstić information content (AvgIpc) is 2.96. The molecule has 21 heavy (non-hydrogen) atoms. The number of ether oxygens (including phenoxy) is 1. The predicted molar refractivity (Wildman–Crippen MR) is 85.4 cm³/mol. The number of nitrogens with one attached hydrogen (secondary N) is 1. The first-order chi connectivity index (χ1) is 10.1. The van der Waals surface area contributed by atoms with Crippen molar-refractivity contribution in [2.24, 2.45) is 0 Å². The summed E-state index contributed by atoms with van der Waals surface area (Å²) in [6, 6.07) is 5.91. The van der Waals surface area contributed by atoms with Gasteiger partial charge in [-0.1, -0.05) is 0 Å². The smallest absolute Gasteiger partial charge is 0.189 e. The molecule has 0 aliphatic carbocycles. The molecule has 0 bridgehead atoms. The number of fused-ring (bicyclic) bond motifs is 1. The third-order valence-electron chi connectivity index (χ3n) is 4.29. The van der Waals surface area contributed by atoms with Crippen LogP contribution in [0.25, 0.3) is 10.9 Å². The van der Waals surface area contributed by atoms with Crippen LogP contribution in [0.1, 0.15) is 6.42 Å². The summed E-state index contributed by atoms with van der Waals surface area (Å²) in [4.78, 5) is 19.9. The predicted octanol–water partition coefficient (Wildman–Crippen LogP) is 1.68. The van der Waals surface area contributed by atoms with E-state index in [1.54, 1.807) is 25.4 Å². The van der Waals surface area contributed by atoms with Crippen molar-refractivity contribution >= 4 is 16.6 Å². The Kier molecular flexibility index (Phi) is 3.59. The van der Waals surface area contributed by atoms with Gasteiger partial charge < -0.3 is 19.5 Å². The highest BCUT2D eigenvalue weighted by Crippen LogP contribution is 2.31. The van der Waals surface area contributed by atoms with Crippen molar-refractivity contribution in [1.82, 2.24) is 9.88 Å². The lowest BCUT2D eigenvalue weighted by molar-refractivity contribution is 0.315. The lowest BCUT2D eigenvalue weighted by Crippen LogP contribution is -2.31. The minimum atomic E-state index is 0.0206. The maximum absolute atomic E-state index is 12.1. The molecule has 0 unspecified atom stereocenters. The van der Waals surface area contributed by atoms with Crippen LogP contribution in [-0.2, 0) is 0 Å². The molecule has 112 valence electrons. The lowest BCUT2D eigenvalue weighted by Gasteiger charge is -2.23. The first-order valence-electron chi connectivity index (χ1n) is 7.21. The molecule has 3 rings (SSSR count). The Morgan fingerprint density at radius 1 is 1.38 bits per heavy atom. The highest BCUT2D eigenvalue weighted by atomic mass is 16.5. The van der Waals surface area contributed by atoms with Gasteiger partial charge >= 0.3 is 0 Å². The summed E-state index contributed by atoms with van der Waals surface area (Å²) in [7, 11) is 5.86. The van der Waals surface area contributed by atoms with Crippen molar-refractivity contribution in [3.63, 3.8) is 0 Å². The number of rotatable bonds is 3. The molecule has 1 N–H and O–H groups in total. The summed E-state index contributed by atoms with van der Waals surface area (Å²) < 4.78 is 5.36. The molecule has 2 heterocycles. The second kappa shape index (κ2) is 5.41. The zero-order chi connectivity index (χ0) is 15.0. The first kappa shape index (κ1) is 13.9. The zero-order valence-electron chi connectivity index (χ0n) is 12.7. The van der Waals surface area contributed by atoms with Crippen LogP contribution in [-0.4, -0.2) is 50.2 Å². The summed E-state index contributed by atoms with van der Waals surface area (Å²) >= 11 is 0. The molecule has 5 nitrogen and oxygen atoms in total. The minimum absolute atomic E-state index is 0.0206. The number of benzene rings is 1. The van der Waals surface area contributed by atoms with Gasteiger partial charge in [0, 0.05) is 37.5 Å². The van der Waals surface area contributed by atoms with E-state index in [4.69, 9.17) is 4.74 Å². The van der Waals surface area contributed by atoms with E-state index >= 15 is 0 Å². The molecular formula is C16H21N3O2. The third kappa shape index (κ3) is 2.49. The Bertz CT molecular complexity index is 708. The monoisotopic (exact) mass is 287 g/mol. The molecule has 1 aliphatic rings. The quantitative estimate of drug-likeness (QED) is 0.933. The largest absolute Gasteiger partial charge is 0.497 e. The maximum Gasteiger partial charge on any atom is 0.189 e. The summed E-state index contributed by atoms with van der Waals surface area (Å²) in [6.07, 6.45) is 2.84. The molecular weight excluding hydrogens is 266 g/mol. The maximum atomic E-state index is 12.1. The number of likely N-dealkylation sites (N-methyl/N-ethyl adjacent to an activating group) is 1. The SMILES string of the molecule is COc1cc(N2CC[C@H](N(C)C)C2)c2[nH]ccc(=O)c2c1. The van der Waals surface area contributed by atoms with Gasteiger partial charge in [0.1, 0.15) is 5.75 Å². The van der Waals surface area contributed by atoms with Crippen molar-refractivity contribution < 1.29 is 4.74 Å². The molecule has 0 spiro atoms. The van der Waals surface area contributed by atoms with Gasteiger partial charge in [0.15, 0.2) is 5.43 Å². The molecule has 2 aromatic rings. The number of H-pyrrole nitrogens is 1. The van der Waals surface area contributed by atoms with E-state index in [2.05, 4.69) is 28.9 Å². The van der Waals surface area contributed by atoms with Gasteiger partial charge in [0.25, 0.3) is 0 Å². The first-order valence-corrected chi connectivity index (χ1v) is 7.21. The van der Waals surface area contributed by atoms with Crippen LogP contribution in [0.2, 0.25) is 0 Å². The molecule has 1 aromatic carbocycles. The number of anilines is 1. The Morgan fingerprint density at radius 3 is 2.86 bits per heavy atom. The van der Waals surface area contributed by atoms with Gasteiger partial charge in [-0.25, -0.2) is 0 Å². The Balaban J connectivity index is 2.09. The van der Waals surface area contributed by atoms with Crippen LogP contribution in [0.4, 0.5) is 5.69 Å². The number of aromatic amines is 1. The Morgan fingerprint density at radius 2 is 2.19 bits per heavy atom. The Labute approximate surface area is 124 Å². The molecule has 0 radical (unpaired) electrons. The average molecular weight is 287 g/mol. The van der Waals surface area contributed by atoms with Gasteiger partial charge in [0.2, 0.25) is 0 Å². The van der Waals surface area contributed by atoms with Gasteiger partial charge in [-0.3, -0.25) is 4.79 Å². The van der Waals surface area contributed by atoms with Gasteiger partial charge in [0.05, 0.1) is 23.7 Å². The number of hydrogen-bond donors (Lipinski definition) is 1. The molecule has 5 heteroatoms. The van der Waals surface area contributed by atoms with E-state index in [-0.39, 0.29) is 5.43 Å². The number of aromatic nitrogens is 1. The topological polar surface area (TPSA) is 48.6 Å². The van der Waals surface area contributed by atoms with E-state index in [1.165, 1.54) is 0 Å². The molecule has 1 fully saturated rings. The second-order valence-electron chi connectivity index (χ2n) is 5.76. The van der Waals surface area contributed by atoms with Crippen molar-refractivity contribution in [2.45, 2.75) is 12.5 Å². The van der Waals surface area contributed by atoms with Crippen molar-refractivity contribution in [1.29, 1.82) is 0 Å². The second-order valence-corrected chi connectivity index (χ2v) is 5.76. The summed E-state index contributed by atoms with van der Waals surface area (Å²) in [5.74, 6) is 0.725. The van der Waals surface area contributed by atoms with Crippen LogP contribution >= 0.6 is 0 Å². The fourth-order valence-electron chi connectivity index (χ4n) is 2.99. The lowest BCUT2D eigenvalue weighted by atomic mass is 10.1. The summed E-state index contributed by atoms with van der Waals surface area (Å²) in [6.45, 7) is 1.95. The van der Waals surface area contributed by atoms with E-state index in [9.17, 15) is 4.79 Å². The summed E-state index contributed by atoms with van der Waals surface area (Å²) in [5.41, 5.74) is 1.96. The van der Waals surface area contributed by atoms with E-state index < -0.39 is 0 Å². The fourth-order valence-corrected chi connectivity index (χ4v) is 2.99. The van der Waals surface area contributed by atoms with Crippen LogP contribution < -0.4 is 15.1 Å². The molecule has 1 saturated heterocycles. The summed E-state index contributed by atoms with van der Waals surface area (Å²) in [5, 5.41) is 0.681. The van der Waals surface area contributed by atoms with Crippen LogP contribution in [0, 0.1) is 0 Å². The van der Waals surface area contributed by atoms with E-state index in [1.807, 2.05) is 6.07 Å². The van der Waals surface area contributed by atoms with Crippen molar-refractivity contribution in [2.75, 3.05) is 39.2 Å². The third-order valence-corrected chi connectivity index (χ3v) is 4.29. The standard InChI is InChI=1S/C16H21N3O2/c1-18(2)11-5-7-19(10-11)14-9-12(21-3)8-13-15(20)4-6-17-16(13)14/h4,6,8-9,11H,5,7,10H2,1-3H3,(H,17,20)/t11-/m0/s1. The zero-order valence-corrected chi connectivity index (χ0v) is 12.7. The van der Waals surface area contributed by atoms with Crippen molar-refractivity contribution in [3.05, 3.63) is 34.6 Å². The minimum Gasteiger partial charge on any atom is -0.497 e. The van der Waals surface area contributed by atoms with E-state index in [0.29, 0.717) is 11.4 Å². The van der Waals surface area contributed by atoms with Crippen LogP contribution in [0.15, 0.2) is 29.2 Å². The van der Waals surface area contributed by atoms with Gasteiger partial charge in [-0.2, -0.15) is 0 Å². The highest BCUT2D eigenvalue weighted by molar-refractivity contribution is 5.92. The number of pyridine rings is 1. The molecule has 1 atom stereocenters. The van der Waals surface area contributed by atoms with E-state index in [0.717, 1.165) is 36.5 Å². The van der Waals surface area contributed by atoms with Gasteiger partial charge in [-0.05, 0) is 26.6 Å². The van der Waals surface area contributed by atoms with Crippen molar-refractivity contribution in [3.8, 4) is 5.75 Å². The van der Waals surface area contributed by atoms with Crippen LogP contribution in [0.5, 0.6) is 5.75 Å². The number of nitrogens with zero attached hydrogens (tertiary/aromatic N) is 2. The molecule has 0 amide bonds. The fraction of sp³-hybridized carbons (Fsp3) is 0.438. The molecule has 1 aromatic heterocycles. The highest BCUT2D eigenvalue weighted by Gasteiger charge is 2.26. The normalized spacial score (nSPS) is 18.7. The van der Waals surface area contributed by atoms with Gasteiger partial charge in [-0.15, -0.1) is 0 Å². The number of methoxy groups -OCH3 is 1. The number of hydrogen-bond acceptors (Lipinski definition) is 4. The Hall–Kier alpha value is -2.01.